The first-order valence-corrected chi connectivity index (χ1v) is 2.73. The van der Waals surface area contributed by atoms with Crippen LogP contribution in [0.25, 0.3) is 0 Å². The first-order valence-electron chi connectivity index (χ1n) is 2.73. The van der Waals surface area contributed by atoms with Crippen molar-refractivity contribution >= 4 is 0 Å². The van der Waals surface area contributed by atoms with Gasteiger partial charge in [-0.3, -0.25) is 5.84 Å². The van der Waals surface area contributed by atoms with E-state index in [1.54, 1.807) is 0 Å². The number of rotatable bonds is 1. The van der Waals surface area contributed by atoms with E-state index in [9.17, 15) is 0 Å². The summed E-state index contributed by atoms with van der Waals surface area (Å²) in [5.41, 5.74) is 2.63. The topological polar surface area (TPSA) is 38.0 Å². The van der Waals surface area contributed by atoms with Crippen LogP contribution in [0.3, 0.4) is 0 Å². The molecule has 3 N–H and O–H groups in total. The van der Waals surface area contributed by atoms with Gasteiger partial charge in [0, 0.05) is 0 Å². The minimum absolute atomic E-state index is 0.253. The van der Waals surface area contributed by atoms with Crippen molar-refractivity contribution in [2.24, 2.45) is 5.84 Å². The third-order valence-corrected chi connectivity index (χ3v) is 1.15. The number of hydrogen-bond donors (Lipinski definition) is 2. The van der Waals surface area contributed by atoms with Gasteiger partial charge in [-0.2, -0.15) is 0 Å². The quantitative estimate of drug-likeness (QED) is 0.290. The zero-order valence-electron chi connectivity index (χ0n) is 4.67. The van der Waals surface area contributed by atoms with E-state index < -0.39 is 0 Å². The largest absolute Gasteiger partial charge is 0.271 e. The van der Waals surface area contributed by atoms with Gasteiger partial charge < -0.3 is 0 Å². The average Bonchev–Trinajstić information content (AvgIpc) is 1.90. The van der Waals surface area contributed by atoms with Gasteiger partial charge >= 0.3 is 0 Å². The Morgan fingerprint density at radius 2 is 2.00 bits per heavy atom. The van der Waals surface area contributed by atoms with E-state index in [1.807, 2.05) is 12.2 Å². The summed E-state index contributed by atoms with van der Waals surface area (Å²) in [5, 5.41) is 0. The van der Waals surface area contributed by atoms with Crippen LogP contribution < -0.4 is 11.3 Å². The normalized spacial score (nSPS) is 19.6. The minimum atomic E-state index is 0.253. The first-order chi connectivity index (χ1) is 3.93. The Bertz CT molecular complexity index is 104. The molecule has 0 fully saturated rings. The molecule has 2 heteroatoms. The molecule has 0 saturated carbocycles. The van der Waals surface area contributed by atoms with E-state index in [0.29, 0.717) is 0 Å². The molecule has 0 unspecified atom stereocenters. The summed E-state index contributed by atoms with van der Waals surface area (Å²) in [6, 6.07) is 0.253. The fraction of sp³-hybridized carbons (Fsp3) is 0.333. The van der Waals surface area contributed by atoms with Crippen molar-refractivity contribution in [3.8, 4) is 0 Å². The van der Waals surface area contributed by atoms with Gasteiger partial charge in [-0.15, -0.1) is 0 Å². The second kappa shape index (κ2) is 2.64. The molecule has 8 heavy (non-hydrogen) atoms. The van der Waals surface area contributed by atoms with Gasteiger partial charge in [-0.1, -0.05) is 24.3 Å². The number of hydrazine groups is 1. The molecule has 1 rings (SSSR count). The Labute approximate surface area is 49.0 Å². The van der Waals surface area contributed by atoms with Gasteiger partial charge in [-0.05, 0) is 6.42 Å². The SMILES string of the molecule is NNC1C=CCC=C1. The molecule has 0 atom stereocenters. The molecule has 0 amide bonds. The maximum atomic E-state index is 5.15. The van der Waals surface area contributed by atoms with E-state index in [2.05, 4.69) is 17.6 Å². The Morgan fingerprint density at radius 1 is 1.38 bits per heavy atom. The maximum absolute atomic E-state index is 5.15. The molecule has 0 saturated heterocycles. The van der Waals surface area contributed by atoms with Crippen LogP contribution in [0.5, 0.6) is 0 Å². The molecule has 0 aliphatic heterocycles. The molecular formula is C6H10N2. The summed E-state index contributed by atoms with van der Waals surface area (Å²) in [4.78, 5) is 0. The molecule has 44 valence electrons. The standard InChI is InChI=1S/C6H10N2/c7-8-6-4-2-1-3-5-6/h2-6,8H,1,7H2. The first kappa shape index (κ1) is 5.54. The molecule has 1 aliphatic carbocycles. The average molecular weight is 110 g/mol. The highest BCUT2D eigenvalue weighted by molar-refractivity contribution is 5.12. The lowest BCUT2D eigenvalue weighted by atomic mass is 10.1. The summed E-state index contributed by atoms with van der Waals surface area (Å²) in [6.45, 7) is 0. The highest BCUT2D eigenvalue weighted by atomic mass is 15.2. The molecule has 0 aromatic carbocycles. The maximum Gasteiger partial charge on any atom is 0.0571 e. The van der Waals surface area contributed by atoms with E-state index in [0.717, 1.165) is 6.42 Å². The van der Waals surface area contributed by atoms with Crippen LogP contribution in [-0.2, 0) is 0 Å². The monoisotopic (exact) mass is 110 g/mol. The molecule has 0 spiro atoms. The number of hydrogen-bond acceptors (Lipinski definition) is 2. The van der Waals surface area contributed by atoms with Gasteiger partial charge in [0.2, 0.25) is 0 Å². The van der Waals surface area contributed by atoms with Gasteiger partial charge in [0.15, 0.2) is 0 Å². The number of nitrogens with one attached hydrogen (secondary N) is 1. The zero-order valence-corrected chi connectivity index (χ0v) is 4.67. The van der Waals surface area contributed by atoms with Gasteiger partial charge in [0.25, 0.3) is 0 Å². The Kier molecular flexibility index (Phi) is 1.83. The van der Waals surface area contributed by atoms with E-state index in [-0.39, 0.29) is 6.04 Å². The molecule has 0 bridgehead atoms. The van der Waals surface area contributed by atoms with Crippen molar-refractivity contribution in [2.45, 2.75) is 12.5 Å². The van der Waals surface area contributed by atoms with Crippen LogP contribution in [0.1, 0.15) is 6.42 Å². The highest BCUT2D eigenvalue weighted by Gasteiger charge is 1.95. The lowest BCUT2D eigenvalue weighted by molar-refractivity contribution is 0.711. The Hall–Kier alpha value is -0.600. The molecule has 1 aliphatic rings. The summed E-state index contributed by atoms with van der Waals surface area (Å²) in [6.07, 6.45) is 9.30. The smallest absolute Gasteiger partial charge is 0.0571 e. The van der Waals surface area contributed by atoms with Crippen molar-refractivity contribution < 1.29 is 0 Å². The van der Waals surface area contributed by atoms with Crippen LogP contribution in [0.4, 0.5) is 0 Å². The highest BCUT2D eigenvalue weighted by Crippen LogP contribution is 1.98. The van der Waals surface area contributed by atoms with Crippen molar-refractivity contribution in [2.75, 3.05) is 0 Å². The van der Waals surface area contributed by atoms with Gasteiger partial charge in [-0.25, -0.2) is 5.43 Å². The predicted molar refractivity (Wildman–Crippen MR) is 34.0 cm³/mol. The summed E-state index contributed by atoms with van der Waals surface area (Å²) < 4.78 is 0. The number of nitrogens with two attached hydrogens (primary N) is 1. The fourth-order valence-corrected chi connectivity index (χ4v) is 0.704. The van der Waals surface area contributed by atoms with Crippen LogP contribution in [-0.4, -0.2) is 6.04 Å². The summed E-state index contributed by atoms with van der Waals surface area (Å²) in [7, 11) is 0. The Morgan fingerprint density at radius 3 is 2.38 bits per heavy atom. The van der Waals surface area contributed by atoms with Crippen molar-refractivity contribution in [1.29, 1.82) is 0 Å². The molecule has 0 aromatic heterocycles. The molecule has 0 aromatic rings. The summed E-state index contributed by atoms with van der Waals surface area (Å²) in [5.74, 6) is 5.15. The van der Waals surface area contributed by atoms with Crippen molar-refractivity contribution in [1.82, 2.24) is 5.43 Å². The second-order valence-corrected chi connectivity index (χ2v) is 1.78. The van der Waals surface area contributed by atoms with Gasteiger partial charge in [0.1, 0.15) is 0 Å². The molecule has 0 radical (unpaired) electrons. The molecule has 0 heterocycles. The second-order valence-electron chi connectivity index (χ2n) is 1.78. The van der Waals surface area contributed by atoms with Gasteiger partial charge in [0.05, 0.1) is 6.04 Å². The zero-order chi connectivity index (χ0) is 5.82. The van der Waals surface area contributed by atoms with Crippen LogP contribution in [0.2, 0.25) is 0 Å². The van der Waals surface area contributed by atoms with Crippen molar-refractivity contribution in [3.63, 3.8) is 0 Å². The van der Waals surface area contributed by atoms with E-state index >= 15 is 0 Å². The summed E-state index contributed by atoms with van der Waals surface area (Å²) >= 11 is 0. The van der Waals surface area contributed by atoms with E-state index in [4.69, 9.17) is 5.84 Å². The van der Waals surface area contributed by atoms with Crippen LogP contribution >= 0.6 is 0 Å². The molecule has 2 nitrogen and oxygen atoms in total. The van der Waals surface area contributed by atoms with Crippen molar-refractivity contribution in [3.05, 3.63) is 24.3 Å². The van der Waals surface area contributed by atoms with E-state index in [1.165, 1.54) is 0 Å². The Balaban J connectivity index is 2.42. The number of allylic oxidation sites excluding steroid dienone is 2. The van der Waals surface area contributed by atoms with Crippen LogP contribution in [0.15, 0.2) is 24.3 Å². The molecular weight excluding hydrogens is 100 g/mol. The third kappa shape index (κ3) is 1.18. The lowest BCUT2D eigenvalue weighted by Gasteiger charge is -2.07. The predicted octanol–water partition coefficient (Wildman–Crippen LogP) is 0.334. The van der Waals surface area contributed by atoms with Crippen LogP contribution in [0, 0.1) is 0 Å². The third-order valence-electron chi connectivity index (χ3n) is 1.15. The fourth-order valence-electron chi connectivity index (χ4n) is 0.704. The minimum Gasteiger partial charge on any atom is -0.271 e. The lowest BCUT2D eigenvalue weighted by Crippen LogP contribution is -2.32.